The second-order valence-electron chi connectivity index (χ2n) is 19.5. The zero-order valence-corrected chi connectivity index (χ0v) is 48.1. The van der Waals surface area contributed by atoms with Crippen molar-refractivity contribution in [3.63, 3.8) is 0 Å². The molecule has 0 amide bonds. The first-order valence-electron chi connectivity index (χ1n) is 27.9. The molecule has 19 heteroatoms. The highest BCUT2D eigenvalue weighted by atomic mass is 16.6. The first-order chi connectivity index (χ1) is 41.2. The largest absolute Gasteiger partial charge is 0.497 e. The lowest BCUT2D eigenvalue weighted by Crippen LogP contribution is -2.40. The summed E-state index contributed by atoms with van der Waals surface area (Å²) < 4.78 is 68.2. The molecule has 84 heavy (non-hydrogen) atoms. The molecule has 2 saturated heterocycles. The van der Waals surface area contributed by atoms with Crippen LogP contribution in [-0.2, 0) is 39.6 Å². The maximum atomic E-state index is 12.6. The molecule has 0 bridgehead atoms. The molecule has 6 aromatic carbocycles. The van der Waals surface area contributed by atoms with Crippen LogP contribution in [-0.4, -0.2) is 111 Å². The Hall–Kier alpha value is -8.40. The minimum Gasteiger partial charge on any atom is -0.497 e. The zero-order chi connectivity index (χ0) is 60.7. The van der Waals surface area contributed by atoms with E-state index >= 15 is 0 Å². The van der Waals surface area contributed by atoms with Crippen LogP contribution in [0.1, 0.15) is 68.0 Å². The number of hydrogen-bond donors (Lipinski definition) is 3. The normalized spacial score (nSPS) is 20.3. The van der Waals surface area contributed by atoms with Crippen LogP contribution in [0.4, 0.5) is 0 Å². The second kappa shape index (κ2) is 28.3. The molecule has 8 aromatic rings. The molecule has 2 aliphatic heterocycles. The smallest absolute Gasteiger partial charge is 0.330 e. The highest BCUT2D eigenvalue weighted by Crippen LogP contribution is 2.45. The van der Waals surface area contributed by atoms with Gasteiger partial charge in [-0.3, -0.25) is 28.7 Å². The van der Waals surface area contributed by atoms with E-state index in [-0.39, 0.29) is 19.1 Å². The van der Waals surface area contributed by atoms with Crippen molar-refractivity contribution < 1.29 is 53.8 Å². The van der Waals surface area contributed by atoms with Crippen molar-refractivity contribution in [3.8, 4) is 23.0 Å². The number of aliphatic hydroxyl groups excluding tert-OH is 1. The van der Waals surface area contributed by atoms with Crippen LogP contribution < -0.4 is 41.4 Å². The molecule has 8 atom stereocenters. The van der Waals surface area contributed by atoms with Crippen LogP contribution in [0.5, 0.6) is 23.0 Å². The Morgan fingerprint density at radius 3 is 1.11 bits per heavy atom. The number of aromatic nitrogens is 4. The summed E-state index contributed by atoms with van der Waals surface area (Å²) in [6.07, 6.45) is -2.74. The number of nitrogens with zero attached hydrogens (tertiary/aromatic N) is 2. The average Bonchev–Trinajstić information content (AvgIpc) is 2.47. The van der Waals surface area contributed by atoms with E-state index in [0.29, 0.717) is 18.4 Å². The Morgan fingerprint density at radius 2 is 0.786 bits per heavy atom. The molecule has 2 fully saturated rings. The third kappa shape index (κ3) is 12.9. The minimum atomic E-state index is -1.14. The number of rotatable bonds is 20. The Labute approximate surface area is 488 Å². The van der Waals surface area contributed by atoms with E-state index < -0.39 is 76.7 Å². The number of methoxy groups -OCH3 is 6. The van der Waals surface area contributed by atoms with Crippen molar-refractivity contribution in [1.82, 2.24) is 19.1 Å². The molecule has 2 unspecified atom stereocenters. The lowest BCUT2D eigenvalue weighted by molar-refractivity contribution is -0.0967. The van der Waals surface area contributed by atoms with Crippen LogP contribution in [0.15, 0.2) is 201 Å². The van der Waals surface area contributed by atoms with Gasteiger partial charge in [0, 0.05) is 46.0 Å². The molecule has 0 aliphatic carbocycles. The van der Waals surface area contributed by atoms with E-state index in [1.165, 1.54) is 40.8 Å². The highest BCUT2D eigenvalue weighted by Gasteiger charge is 2.49. The van der Waals surface area contributed by atoms with E-state index in [4.69, 9.17) is 48.7 Å². The van der Waals surface area contributed by atoms with Gasteiger partial charge in [0.1, 0.15) is 58.6 Å². The van der Waals surface area contributed by atoms with Gasteiger partial charge in [-0.2, -0.15) is 0 Å². The van der Waals surface area contributed by atoms with Crippen LogP contribution in [0.2, 0.25) is 0 Å². The number of H-pyrrole nitrogens is 2. The highest BCUT2D eigenvalue weighted by molar-refractivity contribution is 5.51. The first kappa shape index (κ1) is 60.2. The lowest BCUT2D eigenvalue weighted by atomic mass is 9.80. The van der Waals surface area contributed by atoms with Gasteiger partial charge in [-0.15, -0.1) is 0 Å². The van der Waals surface area contributed by atoms with Crippen molar-refractivity contribution in [2.45, 2.75) is 74.9 Å². The third-order valence-corrected chi connectivity index (χ3v) is 15.1. The maximum Gasteiger partial charge on any atom is 0.330 e. The summed E-state index contributed by atoms with van der Waals surface area (Å²) in [5, 5.41) is 11.2. The summed E-state index contributed by atoms with van der Waals surface area (Å²) in [6, 6.07) is 53.0. The molecule has 19 nitrogen and oxygen atoms in total. The van der Waals surface area contributed by atoms with Crippen molar-refractivity contribution in [3.05, 3.63) is 257 Å². The fourth-order valence-electron chi connectivity index (χ4n) is 10.8. The van der Waals surface area contributed by atoms with Gasteiger partial charge >= 0.3 is 11.4 Å². The van der Waals surface area contributed by atoms with Gasteiger partial charge in [-0.05, 0) is 81.9 Å². The van der Waals surface area contributed by atoms with Gasteiger partial charge in [-0.1, -0.05) is 130 Å². The Morgan fingerprint density at radius 1 is 0.476 bits per heavy atom. The van der Waals surface area contributed by atoms with E-state index in [0.717, 1.165) is 44.9 Å². The quantitative estimate of drug-likeness (QED) is 0.0616. The molecule has 442 valence electrons. The summed E-state index contributed by atoms with van der Waals surface area (Å²) in [7, 11) is 9.49. The number of hydrogen-bond acceptors (Lipinski definition) is 15. The average molecular weight is 1150 g/mol. The van der Waals surface area contributed by atoms with E-state index in [1.807, 2.05) is 165 Å². The molecule has 10 rings (SSSR count). The molecule has 2 aromatic heterocycles. The molecule has 2 aliphatic rings. The number of benzene rings is 6. The monoisotopic (exact) mass is 1150 g/mol. The van der Waals surface area contributed by atoms with Gasteiger partial charge < -0.3 is 52.5 Å². The minimum absolute atomic E-state index is 0.0669. The van der Waals surface area contributed by atoms with Gasteiger partial charge in [0.15, 0.2) is 12.5 Å². The Kier molecular flexibility index (Phi) is 20.2. The Balaban J connectivity index is 0.000000212. The molecule has 4 heterocycles. The van der Waals surface area contributed by atoms with Crippen molar-refractivity contribution >= 4 is 0 Å². The summed E-state index contributed by atoms with van der Waals surface area (Å²) in [5.41, 5.74) is 0.824. The van der Waals surface area contributed by atoms with E-state index in [9.17, 15) is 24.3 Å². The number of aliphatic hydroxyl groups is 1. The lowest BCUT2D eigenvalue weighted by Gasteiger charge is -2.37. The van der Waals surface area contributed by atoms with Gasteiger partial charge in [-0.25, -0.2) is 9.59 Å². The molecular formula is C65H72N4O15. The van der Waals surface area contributed by atoms with Gasteiger partial charge in [0.25, 0.3) is 11.1 Å². The fraction of sp³-hybridized carbons (Fsp3) is 0.323. The van der Waals surface area contributed by atoms with E-state index in [2.05, 4.69) is 9.97 Å². The van der Waals surface area contributed by atoms with Gasteiger partial charge in [0.05, 0.1) is 47.8 Å². The maximum absolute atomic E-state index is 12.6. The van der Waals surface area contributed by atoms with Crippen molar-refractivity contribution in [1.29, 1.82) is 0 Å². The standard InChI is InChI=1S/C32H34N2O7.C31H32N2O8.C2H6/c1-21-27(41-30(29(21)39-4)34-19-18-28(35)33-31(34)36)20-40-32(22-8-6-5-7-9-22,23-10-14-25(37-2)15-11-23)24-12-16-26(38-3)17-13-24;1-37-23-13-9-21(10-14-23)31(20-7-5-4-6-8-20,22-11-15-24(38-2)16-12-22)40-19-25-27(35)28(39-3)29(41-25)33-18-17-26(34)32-30(33)36;1-2/h5-19,21,27,29-30H,20H2,1-4H3,(H,33,35,36);4-18,25,27-29,35H,19H2,1-3H3,(H,32,34,36);1-2H3/t21-,27+,29?,30+;25-,27+,28?,29-;/m01./s1/i;;1D. The zero-order valence-electron chi connectivity index (χ0n) is 49.1. The predicted octanol–water partition coefficient (Wildman–Crippen LogP) is 7.97. The predicted molar refractivity (Wildman–Crippen MR) is 315 cm³/mol. The number of nitrogens with one attached hydrogen (secondary N) is 2. The number of aromatic amines is 2. The second-order valence-corrected chi connectivity index (χ2v) is 19.5. The third-order valence-electron chi connectivity index (χ3n) is 15.1. The van der Waals surface area contributed by atoms with Crippen LogP contribution in [0, 0.1) is 5.92 Å². The summed E-state index contributed by atoms with van der Waals surface area (Å²) >= 11 is 0. The van der Waals surface area contributed by atoms with Crippen molar-refractivity contribution in [2.75, 3.05) is 55.9 Å². The van der Waals surface area contributed by atoms with Crippen LogP contribution in [0.3, 0.4) is 0 Å². The molecule has 0 saturated carbocycles. The summed E-state index contributed by atoms with van der Waals surface area (Å²) in [4.78, 5) is 52.9. The van der Waals surface area contributed by atoms with Crippen molar-refractivity contribution in [2.24, 2.45) is 5.92 Å². The van der Waals surface area contributed by atoms with Crippen LogP contribution >= 0.6 is 0 Å². The van der Waals surface area contributed by atoms with Crippen LogP contribution in [0.25, 0.3) is 0 Å². The summed E-state index contributed by atoms with van der Waals surface area (Å²) in [5.74, 6) is 2.71. The molecule has 0 radical (unpaired) electrons. The fourth-order valence-corrected chi connectivity index (χ4v) is 10.8. The topological polar surface area (TPSA) is 222 Å². The molecule has 3 N–H and O–H groups in total. The first-order valence-corrected chi connectivity index (χ1v) is 27.2. The SMILES string of the molecule is COc1ccc(C(OC[C@H]2O[C@@H](n3ccc(=O)[nH]c3=O)C(OC)[C@H]2C)(c2ccccc2)c2ccc(OC)cc2)cc1.COc1ccc(C(OC[C@H]2O[C@@H](n3ccc(=O)[nH]c3=O)C(OC)[C@H]2O)(c2ccccc2)c2ccc(OC)cc2)cc1.[2H]CC. The Bertz CT molecular complexity index is 3270. The molecular weight excluding hydrogens is 1080 g/mol. The number of ether oxygens (including phenoxy) is 10. The van der Waals surface area contributed by atoms with Gasteiger partial charge in [0.2, 0.25) is 0 Å². The summed E-state index contributed by atoms with van der Waals surface area (Å²) in [6.45, 7) is 4.41. The van der Waals surface area contributed by atoms with E-state index in [1.54, 1.807) is 42.5 Å². The molecule has 0 spiro atoms.